The van der Waals surface area contributed by atoms with E-state index in [1.165, 1.54) is 0 Å². The van der Waals surface area contributed by atoms with Crippen LogP contribution in [0.15, 0.2) is 23.4 Å². The fraction of sp³-hybridized carbons (Fsp3) is 0.588. The Morgan fingerprint density at radius 1 is 1.25 bits per heavy atom. The summed E-state index contributed by atoms with van der Waals surface area (Å²) in [7, 11) is 0. The highest BCUT2D eigenvalue weighted by Crippen LogP contribution is 2.58. The van der Waals surface area contributed by atoms with Crippen LogP contribution in [0.5, 0.6) is 0 Å². The van der Waals surface area contributed by atoms with Crippen molar-refractivity contribution < 1.29 is 9.53 Å². The molecule has 1 saturated carbocycles. The molecule has 1 saturated heterocycles. The summed E-state index contributed by atoms with van der Waals surface area (Å²) in [5.41, 5.74) is 0.276. The fourth-order valence-electron chi connectivity index (χ4n) is 3.57. The van der Waals surface area contributed by atoms with E-state index in [0.29, 0.717) is 23.1 Å². The summed E-state index contributed by atoms with van der Waals surface area (Å²) in [6.07, 6.45) is -0.293. The molecular weight excluding hydrogens is 351 g/mol. The third kappa shape index (κ3) is 3.38. The lowest BCUT2D eigenvalue weighted by atomic mass is 10.00. The highest BCUT2D eigenvalue weighted by atomic mass is 35.5. The van der Waals surface area contributed by atoms with E-state index >= 15 is 0 Å². The van der Waals surface area contributed by atoms with Crippen LogP contribution in [0.25, 0.3) is 0 Å². The molecular formula is C17H20Cl2N2O3. The van der Waals surface area contributed by atoms with Crippen LogP contribution in [0.3, 0.4) is 0 Å². The van der Waals surface area contributed by atoms with E-state index in [9.17, 15) is 9.70 Å². The molecule has 5 nitrogen and oxygen atoms in total. The van der Waals surface area contributed by atoms with Crippen molar-refractivity contribution >= 4 is 29.3 Å². The van der Waals surface area contributed by atoms with Gasteiger partial charge in [0.1, 0.15) is 11.6 Å². The molecule has 3 unspecified atom stereocenters. The Balaban J connectivity index is 1.64. The molecule has 2 aliphatic rings. The zero-order valence-electron chi connectivity index (χ0n) is 13.8. The van der Waals surface area contributed by atoms with Crippen LogP contribution in [0.4, 0.5) is 4.79 Å². The Morgan fingerprint density at radius 3 is 2.38 bits per heavy atom. The van der Waals surface area contributed by atoms with E-state index in [0.717, 1.165) is 5.56 Å². The molecule has 1 aliphatic carbocycles. The number of likely N-dealkylation sites (tertiary alicyclic amines) is 1. The number of nitroso groups, excluding NO2 is 1. The number of halogens is 2. The monoisotopic (exact) mass is 370 g/mol. The van der Waals surface area contributed by atoms with Crippen molar-refractivity contribution in [3.05, 3.63) is 38.7 Å². The summed E-state index contributed by atoms with van der Waals surface area (Å²) in [5.74, 6) is 0.725. The molecule has 24 heavy (non-hydrogen) atoms. The van der Waals surface area contributed by atoms with Crippen molar-refractivity contribution in [1.82, 2.24) is 4.90 Å². The molecule has 1 aromatic rings. The van der Waals surface area contributed by atoms with Gasteiger partial charge in [-0.3, -0.25) is 0 Å². The van der Waals surface area contributed by atoms with Gasteiger partial charge < -0.3 is 9.64 Å². The molecule has 2 fully saturated rings. The number of nitrogens with zero attached hydrogens (tertiary/aromatic N) is 2. The van der Waals surface area contributed by atoms with Crippen molar-refractivity contribution in [1.29, 1.82) is 0 Å². The maximum atomic E-state index is 12.1. The molecule has 3 atom stereocenters. The van der Waals surface area contributed by atoms with Crippen molar-refractivity contribution in [2.24, 2.45) is 22.9 Å². The number of ether oxygens (including phenoxy) is 1. The van der Waals surface area contributed by atoms with Gasteiger partial charge in [-0.1, -0.05) is 34.4 Å². The molecule has 3 rings (SSSR count). The minimum absolute atomic E-state index is 0.151. The number of rotatable bonds is 3. The number of amides is 1. The molecule has 0 aromatic heterocycles. The summed E-state index contributed by atoms with van der Waals surface area (Å²) in [6, 6.07) is 4.73. The summed E-state index contributed by atoms with van der Waals surface area (Å²) in [4.78, 5) is 25.2. The van der Waals surface area contributed by atoms with Crippen LogP contribution < -0.4 is 0 Å². The number of hydrogen-bond acceptors (Lipinski definition) is 4. The Hall–Kier alpha value is -1.33. The first kappa shape index (κ1) is 17.5. The average molecular weight is 371 g/mol. The Morgan fingerprint density at radius 2 is 1.88 bits per heavy atom. The number of hydrogen-bond donors (Lipinski definition) is 0. The average Bonchev–Trinajstić information content (AvgIpc) is 2.94. The van der Waals surface area contributed by atoms with Crippen molar-refractivity contribution in [2.75, 3.05) is 13.1 Å². The first-order valence-corrected chi connectivity index (χ1v) is 8.72. The van der Waals surface area contributed by atoms with Gasteiger partial charge in [0.25, 0.3) is 0 Å². The fourth-order valence-corrected chi connectivity index (χ4v) is 3.87. The second-order valence-corrected chi connectivity index (χ2v) is 8.33. The topological polar surface area (TPSA) is 59.0 Å². The van der Waals surface area contributed by atoms with E-state index in [2.05, 4.69) is 5.18 Å². The molecule has 0 bridgehead atoms. The van der Waals surface area contributed by atoms with Crippen molar-refractivity contribution in [2.45, 2.75) is 32.4 Å². The van der Waals surface area contributed by atoms with Crippen LogP contribution in [-0.2, 0) is 4.74 Å². The number of piperidine rings is 1. The minimum Gasteiger partial charge on any atom is -0.444 e. The predicted molar refractivity (Wildman–Crippen MR) is 93.3 cm³/mol. The summed E-state index contributed by atoms with van der Waals surface area (Å²) >= 11 is 12.0. The highest BCUT2D eigenvalue weighted by molar-refractivity contribution is 6.42. The van der Waals surface area contributed by atoms with E-state index in [4.69, 9.17) is 27.9 Å². The van der Waals surface area contributed by atoms with Gasteiger partial charge in [0.05, 0.1) is 10.0 Å². The summed E-state index contributed by atoms with van der Waals surface area (Å²) in [5, 5.41) is 4.19. The van der Waals surface area contributed by atoms with Crippen molar-refractivity contribution in [3.63, 3.8) is 0 Å². The van der Waals surface area contributed by atoms with E-state index in [1.54, 1.807) is 23.1 Å². The van der Waals surface area contributed by atoms with Gasteiger partial charge in [0, 0.05) is 13.1 Å². The van der Waals surface area contributed by atoms with Gasteiger partial charge in [-0.2, -0.15) is 4.91 Å². The van der Waals surface area contributed by atoms with Gasteiger partial charge >= 0.3 is 6.09 Å². The molecule has 1 heterocycles. The van der Waals surface area contributed by atoms with E-state index < -0.39 is 11.6 Å². The lowest BCUT2D eigenvalue weighted by Crippen LogP contribution is -2.37. The summed E-state index contributed by atoms with van der Waals surface area (Å²) < 4.78 is 5.40. The number of fused-ring (bicyclic) bond motifs is 1. The van der Waals surface area contributed by atoms with Gasteiger partial charge in [-0.05, 0) is 56.2 Å². The van der Waals surface area contributed by atoms with Gasteiger partial charge in [-0.25, -0.2) is 4.79 Å². The highest BCUT2D eigenvalue weighted by Gasteiger charge is 2.60. The molecule has 1 amide bonds. The molecule has 1 aromatic carbocycles. The third-order valence-electron chi connectivity index (χ3n) is 4.68. The van der Waals surface area contributed by atoms with Crippen LogP contribution in [0, 0.1) is 22.7 Å². The molecule has 1 aliphatic heterocycles. The minimum atomic E-state index is -0.504. The first-order chi connectivity index (χ1) is 11.2. The first-order valence-electron chi connectivity index (χ1n) is 7.96. The van der Waals surface area contributed by atoms with Crippen LogP contribution in [0.2, 0.25) is 10.0 Å². The standard InChI is InChI=1S/C17H20Cl2N2O3/c1-17(2,3)24-16(22)21-7-10-11(8-21)14(10)15(20-23)9-4-5-12(18)13(19)6-9/h4-6,10-11,14-15H,7-8H2,1-3H3. The third-order valence-corrected chi connectivity index (χ3v) is 5.41. The summed E-state index contributed by atoms with van der Waals surface area (Å²) in [6.45, 7) is 6.76. The second kappa shape index (κ2) is 6.19. The molecule has 130 valence electrons. The van der Waals surface area contributed by atoms with Crippen molar-refractivity contribution in [3.8, 4) is 0 Å². The molecule has 7 heteroatoms. The lowest BCUT2D eigenvalue weighted by Gasteiger charge is -2.26. The van der Waals surface area contributed by atoms with Crippen LogP contribution >= 0.6 is 23.2 Å². The Labute approximate surface area is 151 Å². The number of benzene rings is 1. The smallest absolute Gasteiger partial charge is 0.410 e. The van der Waals surface area contributed by atoms with Crippen LogP contribution in [0.1, 0.15) is 32.4 Å². The molecule has 0 N–H and O–H groups in total. The largest absolute Gasteiger partial charge is 0.444 e. The van der Waals surface area contributed by atoms with Gasteiger partial charge in [0.15, 0.2) is 0 Å². The molecule has 0 radical (unpaired) electrons. The zero-order valence-corrected chi connectivity index (χ0v) is 15.3. The maximum Gasteiger partial charge on any atom is 0.410 e. The van der Waals surface area contributed by atoms with Crippen LogP contribution in [-0.4, -0.2) is 29.7 Å². The Kier molecular flexibility index (Phi) is 4.51. The second-order valence-electron chi connectivity index (χ2n) is 7.51. The number of carbonyl (C=O) groups is 1. The Bertz CT molecular complexity index is 662. The quantitative estimate of drug-likeness (QED) is 0.709. The molecule has 0 spiro atoms. The lowest BCUT2D eigenvalue weighted by molar-refractivity contribution is 0.0263. The van der Waals surface area contributed by atoms with Gasteiger partial charge in [0.2, 0.25) is 0 Å². The maximum absolute atomic E-state index is 12.1. The van der Waals surface area contributed by atoms with Gasteiger partial charge in [-0.15, -0.1) is 0 Å². The zero-order chi connectivity index (χ0) is 17.6. The SMILES string of the molecule is CC(C)(C)OC(=O)N1CC2C(C1)C2C(N=O)c1ccc(Cl)c(Cl)c1. The van der Waals surface area contributed by atoms with E-state index in [-0.39, 0.29) is 23.8 Å². The normalized spacial score (nSPS) is 26.7. The number of carbonyl (C=O) groups excluding carboxylic acids is 1. The predicted octanol–water partition coefficient (Wildman–Crippen LogP) is 4.91. The van der Waals surface area contributed by atoms with E-state index in [1.807, 2.05) is 20.8 Å².